The lowest BCUT2D eigenvalue weighted by molar-refractivity contribution is 0.0940. The van der Waals surface area contributed by atoms with Crippen LogP contribution in [0, 0.1) is 25.2 Å². The summed E-state index contributed by atoms with van der Waals surface area (Å²) in [5.74, 6) is 1.39. The highest BCUT2D eigenvalue weighted by Crippen LogP contribution is 2.70. The van der Waals surface area contributed by atoms with E-state index in [2.05, 4.69) is 24.1 Å². The van der Waals surface area contributed by atoms with Crippen LogP contribution in [0.2, 0.25) is 5.02 Å². The minimum Gasteiger partial charge on any atom is -0.360 e. The molecule has 0 saturated heterocycles. The lowest BCUT2D eigenvalue weighted by Crippen LogP contribution is -2.19. The number of benzene rings is 1. The van der Waals surface area contributed by atoms with Gasteiger partial charge in [0.25, 0.3) is 5.91 Å². The summed E-state index contributed by atoms with van der Waals surface area (Å²) in [6.45, 7) is 8.33. The van der Waals surface area contributed by atoms with Crippen molar-refractivity contribution in [3.05, 3.63) is 57.6 Å². The lowest BCUT2D eigenvalue weighted by Gasteiger charge is -2.10. The Bertz CT molecular complexity index is 1110. The van der Waals surface area contributed by atoms with Crippen LogP contribution in [0.4, 0.5) is 0 Å². The summed E-state index contributed by atoms with van der Waals surface area (Å²) in [4.78, 5) is 13.4. The highest BCUT2D eigenvalue weighted by Gasteiger charge is 2.64. The van der Waals surface area contributed by atoms with Gasteiger partial charge in [0.2, 0.25) is 0 Å². The largest absolute Gasteiger partial charge is 0.360 e. The number of hydrogen-bond acceptors (Lipinski definition) is 4. The van der Waals surface area contributed by atoms with Crippen LogP contribution in [-0.2, 0) is 6.42 Å². The van der Waals surface area contributed by atoms with Crippen molar-refractivity contribution in [2.75, 3.05) is 0 Å². The molecule has 2 atom stereocenters. The molecule has 1 aromatic carbocycles. The molecule has 2 aliphatic carbocycles. The van der Waals surface area contributed by atoms with Crippen LogP contribution in [0.1, 0.15) is 52.8 Å². The number of rotatable bonds is 2. The average Bonchev–Trinajstić information content (AvgIpc) is 3.06. The Kier molecular flexibility index (Phi) is 3.30. The first-order chi connectivity index (χ1) is 12.8. The number of hydrogen-bond donors (Lipinski definition) is 0. The van der Waals surface area contributed by atoms with E-state index in [4.69, 9.17) is 16.1 Å². The lowest BCUT2D eigenvalue weighted by atomic mass is 9.98. The first kappa shape index (κ1) is 16.8. The summed E-state index contributed by atoms with van der Waals surface area (Å²) in [7, 11) is 0. The summed E-state index contributed by atoms with van der Waals surface area (Å²) >= 11 is 6.33. The van der Waals surface area contributed by atoms with E-state index in [9.17, 15) is 4.79 Å². The Balaban J connectivity index is 1.62. The van der Waals surface area contributed by atoms with Gasteiger partial charge in [0.1, 0.15) is 17.0 Å². The van der Waals surface area contributed by atoms with E-state index in [1.807, 2.05) is 25.1 Å². The van der Waals surface area contributed by atoms with Crippen molar-refractivity contribution in [1.82, 2.24) is 14.9 Å². The minimum atomic E-state index is -0.202. The second-order valence-corrected chi connectivity index (χ2v) is 8.62. The highest BCUT2D eigenvalue weighted by atomic mass is 35.5. The van der Waals surface area contributed by atoms with Gasteiger partial charge >= 0.3 is 0 Å². The van der Waals surface area contributed by atoms with Crippen molar-refractivity contribution in [3.63, 3.8) is 0 Å². The van der Waals surface area contributed by atoms with E-state index in [1.165, 1.54) is 5.56 Å². The molecule has 2 aromatic heterocycles. The van der Waals surface area contributed by atoms with Crippen LogP contribution in [0.15, 0.2) is 28.8 Å². The molecule has 0 bridgehead atoms. The topological polar surface area (TPSA) is 60.9 Å². The third kappa shape index (κ3) is 2.15. The molecule has 1 saturated carbocycles. The van der Waals surface area contributed by atoms with Crippen molar-refractivity contribution >= 4 is 17.5 Å². The smallest absolute Gasteiger partial charge is 0.284 e. The van der Waals surface area contributed by atoms with Gasteiger partial charge in [0.15, 0.2) is 0 Å². The van der Waals surface area contributed by atoms with E-state index in [0.717, 1.165) is 17.8 Å². The van der Waals surface area contributed by atoms with Gasteiger partial charge in [-0.25, -0.2) is 4.68 Å². The highest BCUT2D eigenvalue weighted by molar-refractivity contribution is 6.33. The fourth-order valence-electron chi connectivity index (χ4n) is 4.83. The Morgan fingerprint density at radius 2 is 2.04 bits per heavy atom. The molecular weight excluding hydrogens is 362 g/mol. The van der Waals surface area contributed by atoms with Crippen molar-refractivity contribution in [3.8, 4) is 11.3 Å². The van der Waals surface area contributed by atoms with Crippen LogP contribution < -0.4 is 0 Å². The third-order valence-electron chi connectivity index (χ3n) is 6.38. The molecule has 0 aliphatic heterocycles. The number of halogens is 1. The summed E-state index contributed by atoms with van der Waals surface area (Å²) in [5, 5.41) is 9.25. The fourth-order valence-corrected chi connectivity index (χ4v) is 5.05. The van der Waals surface area contributed by atoms with Gasteiger partial charge in [-0.05, 0) is 43.6 Å². The second kappa shape index (κ2) is 5.32. The summed E-state index contributed by atoms with van der Waals surface area (Å²) in [5.41, 5.74) is 5.13. The molecule has 1 fully saturated rings. The van der Waals surface area contributed by atoms with Gasteiger partial charge in [-0.2, -0.15) is 5.10 Å². The number of aromatic nitrogens is 3. The van der Waals surface area contributed by atoms with E-state index in [0.29, 0.717) is 44.9 Å². The van der Waals surface area contributed by atoms with Crippen LogP contribution in [0.5, 0.6) is 0 Å². The fraction of sp³-hybridized carbons (Fsp3) is 0.381. The summed E-state index contributed by atoms with van der Waals surface area (Å²) in [6.07, 6.45) is 0.894. The summed E-state index contributed by atoms with van der Waals surface area (Å²) < 4.78 is 6.93. The number of carbonyl (C=O) groups excluding carboxylic acids is 1. The van der Waals surface area contributed by atoms with Crippen molar-refractivity contribution in [2.24, 2.45) is 11.3 Å². The zero-order chi connectivity index (χ0) is 19.1. The van der Waals surface area contributed by atoms with Gasteiger partial charge in [0, 0.05) is 11.1 Å². The van der Waals surface area contributed by atoms with Crippen molar-refractivity contribution in [2.45, 2.75) is 40.0 Å². The molecule has 5 rings (SSSR count). The van der Waals surface area contributed by atoms with Gasteiger partial charge in [-0.15, -0.1) is 0 Å². The van der Waals surface area contributed by atoms with Crippen molar-refractivity contribution in [1.29, 1.82) is 0 Å². The maximum atomic E-state index is 13.4. The van der Waals surface area contributed by atoms with E-state index >= 15 is 0 Å². The van der Waals surface area contributed by atoms with Gasteiger partial charge in [-0.3, -0.25) is 4.79 Å². The SMILES string of the molecule is Cc1nn(C(=O)c2c(-c3ccccc3Cl)noc2C)c2c1C1C(C2)C1(C)C. The molecule has 2 heterocycles. The van der Waals surface area contributed by atoms with E-state index < -0.39 is 0 Å². The number of fused-ring (bicyclic) bond motifs is 3. The summed E-state index contributed by atoms with van der Waals surface area (Å²) in [6, 6.07) is 7.33. The Hall–Kier alpha value is -2.40. The molecule has 138 valence electrons. The second-order valence-electron chi connectivity index (χ2n) is 8.21. The molecular formula is C21H20ClN3O2. The molecule has 3 aromatic rings. The molecule has 2 unspecified atom stereocenters. The number of aryl methyl sites for hydroxylation is 2. The number of nitrogens with zero attached hydrogens (tertiary/aromatic N) is 3. The molecule has 0 amide bonds. The first-order valence-corrected chi connectivity index (χ1v) is 9.54. The monoisotopic (exact) mass is 381 g/mol. The zero-order valence-corrected chi connectivity index (χ0v) is 16.5. The molecule has 0 N–H and O–H groups in total. The first-order valence-electron chi connectivity index (χ1n) is 9.16. The maximum Gasteiger partial charge on any atom is 0.284 e. The Morgan fingerprint density at radius 1 is 1.30 bits per heavy atom. The van der Waals surface area contributed by atoms with Gasteiger partial charge < -0.3 is 4.52 Å². The van der Waals surface area contributed by atoms with E-state index in [1.54, 1.807) is 17.7 Å². The molecule has 2 aliphatic rings. The van der Waals surface area contributed by atoms with E-state index in [-0.39, 0.29) is 5.91 Å². The zero-order valence-electron chi connectivity index (χ0n) is 15.7. The number of carbonyl (C=O) groups is 1. The Labute approximate surface area is 162 Å². The van der Waals surface area contributed by atoms with Gasteiger partial charge in [-0.1, -0.05) is 48.8 Å². The predicted octanol–water partition coefficient (Wildman–Crippen LogP) is 4.79. The van der Waals surface area contributed by atoms with Crippen LogP contribution >= 0.6 is 11.6 Å². The molecule has 5 nitrogen and oxygen atoms in total. The minimum absolute atomic E-state index is 0.202. The maximum absolute atomic E-state index is 13.4. The predicted molar refractivity (Wildman–Crippen MR) is 102 cm³/mol. The normalized spacial score (nSPS) is 21.8. The average molecular weight is 382 g/mol. The van der Waals surface area contributed by atoms with Gasteiger partial charge in [0.05, 0.1) is 16.4 Å². The standard InChI is InChI=1S/C21H20ClN3O2/c1-10-16-15(9-13-18(16)21(13,3)4)25(23-10)20(26)17-11(2)27-24-19(17)12-7-5-6-8-14(12)22/h5-8,13,18H,9H2,1-4H3. The van der Waals surface area contributed by atoms with Crippen LogP contribution in [0.25, 0.3) is 11.3 Å². The molecule has 6 heteroatoms. The molecule has 0 radical (unpaired) electrons. The van der Waals surface area contributed by atoms with Crippen LogP contribution in [0.3, 0.4) is 0 Å². The Morgan fingerprint density at radius 3 is 2.78 bits per heavy atom. The quantitative estimate of drug-likeness (QED) is 0.640. The molecule has 27 heavy (non-hydrogen) atoms. The van der Waals surface area contributed by atoms with Crippen molar-refractivity contribution < 1.29 is 9.32 Å². The van der Waals surface area contributed by atoms with Crippen LogP contribution in [-0.4, -0.2) is 20.8 Å². The molecule has 0 spiro atoms. The third-order valence-corrected chi connectivity index (χ3v) is 6.71.